The second-order valence-corrected chi connectivity index (χ2v) is 9.52. The number of halogens is 3. The van der Waals surface area contributed by atoms with Crippen molar-refractivity contribution in [2.45, 2.75) is 44.9 Å². The number of likely N-dealkylation sites (tertiary alicyclic amines) is 1. The Bertz CT molecular complexity index is 1300. The molecule has 7 nitrogen and oxygen atoms in total. The summed E-state index contributed by atoms with van der Waals surface area (Å²) in [5.41, 5.74) is -1.15. The van der Waals surface area contributed by atoms with Crippen molar-refractivity contribution in [3.8, 4) is 5.69 Å². The van der Waals surface area contributed by atoms with Gasteiger partial charge in [-0.25, -0.2) is 18.6 Å². The highest BCUT2D eigenvalue weighted by Gasteiger charge is 2.41. The second-order valence-electron chi connectivity index (χ2n) is 9.11. The molecule has 0 radical (unpaired) electrons. The minimum Gasteiger partial charge on any atom is -0.444 e. The predicted octanol–water partition coefficient (Wildman–Crippen LogP) is 5.01. The highest BCUT2D eigenvalue weighted by Crippen LogP contribution is 2.35. The summed E-state index contributed by atoms with van der Waals surface area (Å²) in [6.07, 6.45) is -0.678. The Morgan fingerprint density at radius 2 is 1.85 bits per heavy atom. The molecule has 2 atom stereocenters. The molecule has 180 valence electrons. The third kappa shape index (κ3) is 4.63. The van der Waals surface area contributed by atoms with Crippen LogP contribution in [0, 0.1) is 11.6 Å². The highest BCUT2D eigenvalue weighted by molar-refractivity contribution is 6.35. The maximum Gasteiger partial charge on any atom is 0.411 e. The van der Waals surface area contributed by atoms with Crippen molar-refractivity contribution in [1.82, 2.24) is 14.5 Å². The summed E-state index contributed by atoms with van der Waals surface area (Å²) >= 11 is 6.29. The number of carbonyl (C=O) groups excluding carboxylic acids is 1. The molecule has 0 spiro atoms. The first-order chi connectivity index (χ1) is 16.0. The molecule has 0 aliphatic carbocycles. The molecule has 34 heavy (non-hydrogen) atoms. The molecular formula is C24H24ClF2N3O4. The van der Waals surface area contributed by atoms with Crippen molar-refractivity contribution in [2.75, 3.05) is 13.7 Å². The summed E-state index contributed by atoms with van der Waals surface area (Å²) < 4.78 is 40.4. The molecule has 1 aliphatic heterocycles. The summed E-state index contributed by atoms with van der Waals surface area (Å²) in [5.74, 6) is -1.61. The smallest absolute Gasteiger partial charge is 0.411 e. The molecule has 3 aromatic rings. The van der Waals surface area contributed by atoms with Crippen LogP contribution in [0.15, 0.2) is 41.2 Å². The maximum atomic E-state index is 14.1. The van der Waals surface area contributed by atoms with Gasteiger partial charge >= 0.3 is 6.09 Å². The average Bonchev–Trinajstić information content (AvgIpc) is 3.16. The van der Waals surface area contributed by atoms with Crippen molar-refractivity contribution in [3.63, 3.8) is 0 Å². The molecular weight excluding hydrogens is 468 g/mol. The number of aromatic nitrogens is 2. The number of fused-ring (bicyclic) bond motifs is 1. The van der Waals surface area contributed by atoms with E-state index >= 15 is 0 Å². The lowest BCUT2D eigenvalue weighted by atomic mass is 10.1. The number of rotatable bonds is 3. The largest absolute Gasteiger partial charge is 0.444 e. The quantitative estimate of drug-likeness (QED) is 0.514. The SMILES string of the molecule is COC1CC(c2nc3cccc(Cl)c3c(=O)n2-c2cc(F)cc(F)c2)N(C(=O)OC(C)(C)C)C1. The standard InChI is InChI=1S/C24H24ClF2N3O4/c1-24(2,3)34-23(32)29-12-16(33-4)11-19(29)21-28-18-7-5-6-17(25)20(18)22(31)30(21)15-9-13(26)8-14(27)10-15/h5-10,16,19H,11-12H2,1-4H3. The molecule has 2 heterocycles. The first-order valence-corrected chi connectivity index (χ1v) is 11.1. The molecule has 1 saturated heterocycles. The lowest BCUT2D eigenvalue weighted by molar-refractivity contribution is 0.0188. The van der Waals surface area contributed by atoms with Crippen LogP contribution in [0.25, 0.3) is 16.6 Å². The minimum atomic E-state index is -0.864. The summed E-state index contributed by atoms with van der Waals surface area (Å²) in [7, 11) is 1.52. The number of hydrogen-bond donors (Lipinski definition) is 0. The van der Waals surface area contributed by atoms with Gasteiger partial charge in [-0.1, -0.05) is 17.7 Å². The zero-order valence-electron chi connectivity index (χ0n) is 19.1. The van der Waals surface area contributed by atoms with Gasteiger partial charge in [0.05, 0.1) is 40.3 Å². The Kier molecular flexibility index (Phi) is 6.35. The van der Waals surface area contributed by atoms with E-state index in [9.17, 15) is 18.4 Å². The monoisotopic (exact) mass is 491 g/mol. The molecule has 2 aromatic carbocycles. The molecule has 1 amide bonds. The lowest BCUT2D eigenvalue weighted by Gasteiger charge is -2.29. The Labute approximate surface area is 199 Å². The van der Waals surface area contributed by atoms with Crippen LogP contribution in [0.1, 0.15) is 39.1 Å². The first-order valence-electron chi connectivity index (χ1n) is 10.7. The number of hydrogen-bond acceptors (Lipinski definition) is 5. The maximum absolute atomic E-state index is 14.1. The molecule has 2 unspecified atom stereocenters. The van der Waals surface area contributed by atoms with Crippen LogP contribution in [0.5, 0.6) is 0 Å². The topological polar surface area (TPSA) is 73.7 Å². The van der Waals surface area contributed by atoms with Crippen LogP contribution in [-0.2, 0) is 9.47 Å². The Morgan fingerprint density at radius 1 is 1.18 bits per heavy atom. The van der Waals surface area contributed by atoms with Crippen molar-refractivity contribution in [1.29, 1.82) is 0 Å². The van der Waals surface area contributed by atoms with Gasteiger partial charge in [-0.05, 0) is 45.0 Å². The van der Waals surface area contributed by atoms with E-state index in [2.05, 4.69) is 4.98 Å². The van der Waals surface area contributed by atoms with Gasteiger partial charge in [0.25, 0.3) is 5.56 Å². The zero-order chi connectivity index (χ0) is 24.8. The van der Waals surface area contributed by atoms with Gasteiger partial charge in [-0.15, -0.1) is 0 Å². The van der Waals surface area contributed by atoms with E-state index in [1.165, 1.54) is 18.1 Å². The zero-order valence-corrected chi connectivity index (χ0v) is 19.9. The highest BCUT2D eigenvalue weighted by atomic mass is 35.5. The van der Waals surface area contributed by atoms with E-state index in [-0.39, 0.29) is 34.6 Å². The van der Waals surface area contributed by atoms with Crippen LogP contribution in [0.2, 0.25) is 5.02 Å². The number of methoxy groups -OCH3 is 1. The van der Waals surface area contributed by atoms with Crippen LogP contribution >= 0.6 is 11.6 Å². The number of benzene rings is 2. The number of amides is 1. The first kappa shape index (κ1) is 24.1. The van der Waals surface area contributed by atoms with Gasteiger partial charge in [0, 0.05) is 19.6 Å². The predicted molar refractivity (Wildman–Crippen MR) is 123 cm³/mol. The second kappa shape index (κ2) is 8.96. The van der Waals surface area contributed by atoms with E-state index in [0.29, 0.717) is 18.0 Å². The van der Waals surface area contributed by atoms with E-state index in [1.54, 1.807) is 32.9 Å². The molecule has 1 fully saturated rings. The van der Waals surface area contributed by atoms with E-state index in [1.807, 2.05) is 0 Å². The van der Waals surface area contributed by atoms with Gasteiger partial charge in [0.2, 0.25) is 0 Å². The van der Waals surface area contributed by atoms with Crippen LogP contribution in [0.3, 0.4) is 0 Å². The summed E-state index contributed by atoms with van der Waals surface area (Å²) in [6, 6.07) is 6.79. The Hall–Kier alpha value is -3.04. The van der Waals surface area contributed by atoms with E-state index in [0.717, 1.165) is 16.7 Å². The van der Waals surface area contributed by atoms with Gasteiger partial charge in [-0.3, -0.25) is 14.3 Å². The fraction of sp³-hybridized carbons (Fsp3) is 0.375. The van der Waals surface area contributed by atoms with Crippen LogP contribution < -0.4 is 5.56 Å². The van der Waals surface area contributed by atoms with Gasteiger partial charge in [0.1, 0.15) is 23.1 Å². The third-order valence-corrected chi connectivity index (χ3v) is 5.82. The van der Waals surface area contributed by atoms with E-state index in [4.69, 9.17) is 21.1 Å². The third-order valence-electron chi connectivity index (χ3n) is 5.50. The van der Waals surface area contributed by atoms with Crippen LogP contribution in [-0.4, -0.2) is 45.9 Å². The Balaban J connectivity index is 1.98. The fourth-order valence-electron chi connectivity index (χ4n) is 4.08. The van der Waals surface area contributed by atoms with Crippen molar-refractivity contribution in [3.05, 3.63) is 69.2 Å². The molecule has 4 rings (SSSR count). The minimum absolute atomic E-state index is 0.0724. The number of ether oxygens (including phenoxy) is 2. The Morgan fingerprint density at radius 3 is 2.47 bits per heavy atom. The summed E-state index contributed by atoms with van der Waals surface area (Å²) in [6.45, 7) is 5.42. The molecule has 1 aromatic heterocycles. The van der Waals surface area contributed by atoms with Gasteiger partial charge in [0.15, 0.2) is 0 Å². The van der Waals surface area contributed by atoms with Gasteiger partial charge < -0.3 is 9.47 Å². The van der Waals surface area contributed by atoms with E-state index < -0.39 is 34.9 Å². The summed E-state index contributed by atoms with van der Waals surface area (Å²) in [5, 5.41) is 0.250. The molecule has 0 saturated carbocycles. The summed E-state index contributed by atoms with van der Waals surface area (Å²) in [4.78, 5) is 32.8. The average molecular weight is 492 g/mol. The van der Waals surface area contributed by atoms with Crippen molar-refractivity contribution >= 4 is 28.6 Å². The number of carbonyl (C=O) groups is 1. The molecule has 1 aliphatic rings. The molecule has 0 N–H and O–H groups in total. The van der Waals surface area contributed by atoms with Crippen molar-refractivity contribution < 1.29 is 23.0 Å². The van der Waals surface area contributed by atoms with Gasteiger partial charge in [-0.2, -0.15) is 0 Å². The molecule has 10 heteroatoms. The number of nitrogens with zero attached hydrogens (tertiary/aromatic N) is 3. The van der Waals surface area contributed by atoms with Crippen molar-refractivity contribution in [2.24, 2.45) is 0 Å². The lowest BCUT2D eigenvalue weighted by Crippen LogP contribution is -2.39. The normalized spacial score (nSPS) is 18.5. The fourth-order valence-corrected chi connectivity index (χ4v) is 4.33. The van der Waals surface area contributed by atoms with Crippen LogP contribution in [0.4, 0.5) is 13.6 Å². The molecule has 0 bridgehead atoms.